The number of carbonyl (C=O) groups excluding carboxylic acids is 1. The largest absolute Gasteiger partial charge is 0.420 e. The number of hydrogen-bond acceptors (Lipinski definition) is 5. The average Bonchev–Trinajstić information content (AvgIpc) is 3.08. The van der Waals surface area contributed by atoms with Gasteiger partial charge in [-0.2, -0.15) is 4.31 Å². The third-order valence-corrected chi connectivity index (χ3v) is 8.20. The van der Waals surface area contributed by atoms with Gasteiger partial charge in [-0.3, -0.25) is 9.36 Å². The lowest BCUT2D eigenvalue weighted by Gasteiger charge is -2.35. The Balaban J connectivity index is 1.61. The van der Waals surface area contributed by atoms with Crippen LogP contribution in [0.25, 0.3) is 11.1 Å². The van der Waals surface area contributed by atoms with Crippen LogP contribution in [0.1, 0.15) is 51.9 Å². The van der Waals surface area contributed by atoms with E-state index in [0.29, 0.717) is 25.2 Å². The number of piperidine rings is 2. The zero-order valence-electron chi connectivity index (χ0n) is 17.4. The summed E-state index contributed by atoms with van der Waals surface area (Å²) in [6, 6.07) is 4.68. The Morgan fingerprint density at radius 2 is 1.83 bits per heavy atom. The molecule has 0 saturated carbocycles. The normalized spacial score (nSPS) is 21.2. The highest BCUT2D eigenvalue weighted by molar-refractivity contribution is 7.89. The second-order valence-electron chi connectivity index (χ2n) is 8.19. The number of nitrogens with zero attached hydrogens (tertiary/aromatic N) is 3. The van der Waals surface area contributed by atoms with Gasteiger partial charge in [-0.15, -0.1) is 0 Å². The van der Waals surface area contributed by atoms with Gasteiger partial charge in [-0.25, -0.2) is 13.2 Å². The second-order valence-corrected chi connectivity index (χ2v) is 10.1. The van der Waals surface area contributed by atoms with E-state index in [1.165, 1.54) is 21.0 Å². The lowest BCUT2D eigenvalue weighted by molar-refractivity contribution is -0.135. The summed E-state index contributed by atoms with van der Waals surface area (Å²) in [5.41, 5.74) is 0.632. The minimum atomic E-state index is -3.62. The van der Waals surface area contributed by atoms with E-state index in [0.717, 1.165) is 44.9 Å². The fraction of sp³-hybridized carbons (Fsp3) is 0.619. The molecule has 0 N–H and O–H groups in total. The minimum absolute atomic E-state index is 0.0967. The van der Waals surface area contributed by atoms with Crippen molar-refractivity contribution in [1.29, 1.82) is 0 Å². The number of amides is 1. The number of benzene rings is 1. The molecule has 2 fully saturated rings. The highest BCUT2D eigenvalue weighted by atomic mass is 32.2. The van der Waals surface area contributed by atoms with Crippen molar-refractivity contribution >= 4 is 27.0 Å². The Kier molecular flexibility index (Phi) is 6.02. The lowest BCUT2D eigenvalue weighted by Crippen LogP contribution is -2.45. The predicted molar refractivity (Wildman–Crippen MR) is 113 cm³/mol. The number of fused-ring (bicyclic) bond motifs is 1. The number of carbonyl (C=O) groups is 1. The highest BCUT2D eigenvalue weighted by Gasteiger charge is 2.28. The number of sulfonamides is 1. The summed E-state index contributed by atoms with van der Waals surface area (Å²) >= 11 is 0. The van der Waals surface area contributed by atoms with Crippen LogP contribution >= 0.6 is 0 Å². The molecule has 0 bridgehead atoms. The molecule has 3 heterocycles. The van der Waals surface area contributed by atoms with E-state index >= 15 is 0 Å². The van der Waals surface area contributed by atoms with E-state index in [2.05, 4.69) is 6.92 Å². The van der Waals surface area contributed by atoms with Crippen molar-refractivity contribution in [2.24, 2.45) is 0 Å². The molecule has 2 aliphatic heterocycles. The van der Waals surface area contributed by atoms with E-state index < -0.39 is 15.8 Å². The molecule has 0 spiro atoms. The van der Waals surface area contributed by atoms with Crippen LogP contribution in [0, 0.1) is 0 Å². The molecule has 0 aliphatic carbocycles. The van der Waals surface area contributed by atoms with Gasteiger partial charge in [-0.05, 0) is 50.7 Å². The SMILES string of the molecule is CC[C@@H]1CCCCN1C(=O)Cn1c(=O)oc2cc(S(=O)(=O)N3CCCCC3)ccc21. The van der Waals surface area contributed by atoms with Crippen LogP contribution in [0.3, 0.4) is 0 Å². The average molecular weight is 436 g/mol. The maximum absolute atomic E-state index is 12.9. The Morgan fingerprint density at radius 3 is 2.57 bits per heavy atom. The van der Waals surface area contributed by atoms with E-state index in [9.17, 15) is 18.0 Å². The van der Waals surface area contributed by atoms with Gasteiger partial charge in [-0.1, -0.05) is 13.3 Å². The van der Waals surface area contributed by atoms with Crippen molar-refractivity contribution in [2.75, 3.05) is 19.6 Å². The van der Waals surface area contributed by atoms with Crippen LogP contribution in [-0.4, -0.2) is 53.8 Å². The molecular weight excluding hydrogens is 406 g/mol. The van der Waals surface area contributed by atoms with Gasteiger partial charge in [0.2, 0.25) is 15.9 Å². The molecule has 164 valence electrons. The fourth-order valence-corrected chi connectivity index (χ4v) is 6.12. The molecule has 0 radical (unpaired) electrons. The van der Waals surface area contributed by atoms with Gasteiger partial charge in [0.1, 0.15) is 6.54 Å². The summed E-state index contributed by atoms with van der Waals surface area (Å²) in [7, 11) is -3.62. The van der Waals surface area contributed by atoms with Gasteiger partial charge in [0, 0.05) is 31.7 Å². The number of rotatable bonds is 5. The van der Waals surface area contributed by atoms with Crippen molar-refractivity contribution in [3.63, 3.8) is 0 Å². The molecule has 2 aromatic rings. The van der Waals surface area contributed by atoms with Gasteiger partial charge in [0.15, 0.2) is 5.58 Å². The maximum Gasteiger partial charge on any atom is 0.420 e. The number of oxazole rings is 1. The Labute approximate surface area is 176 Å². The summed E-state index contributed by atoms with van der Waals surface area (Å²) in [4.78, 5) is 27.3. The van der Waals surface area contributed by atoms with E-state index in [4.69, 9.17) is 4.42 Å². The third-order valence-electron chi connectivity index (χ3n) is 6.30. The first kappa shape index (κ1) is 21.1. The molecule has 0 unspecified atom stereocenters. The summed E-state index contributed by atoms with van der Waals surface area (Å²) < 4.78 is 33.9. The summed E-state index contributed by atoms with van der Waals surface area (Å²) in [5, 5.41) is 0. The number of likely N-dealkylation sites (tertiary alicyclic amines) is 1. The molecule has 30 heavy (non-hydrogen) atoms. The smallest absolute Gasteiger partial charge is 0.408 e. The van der Waals surface area contributed by atoms with E-state index in [1.54, 1.807) is 6.07 Å². The minimum Gasteiger partial charge on any atom is -0.408 e. The summed E-state index contributed by atoms with van der Waals surface area (Å²) in [6.45, 7) is 3.70. The van der Waals surface area contributed by atoms with Crippen LogP contribution in [0.15, 0.2) is 32.3 Å². The second kappa shape index (κ2) is 8.55. The van der Waals surface area contributed by atoms with E-state index in [1.807, 2.05) is 4.90 Å². The fourth-order valence-electron chi connectivity index (χ4n) is 4.59. The molecule has 2 saturated heterocycles. The molecule has 1 amide bonds. The first-order valence-electron chi connectivity index (χ1n) is 10.8. The maximum atomic E-state index is 12.9. The van der Waals surface area contributed by atoms with Gasteiger partial charge in [0.25, 0.3) is 0 Å². The lowest BCUT2D eigenvalue weighted by atomic mass is 10.00. The van der Waals surface area contributed by atoms with Crippen molar-refractivity contribution in [2.45, 2.75) is 69.4 Å². The van der Waals surface area contributed by atoms with Crippen LogP contribution in [0.5, 0.6) is 0 Å². The molecule has 1 aromatic carbocycles. The van der Waals surface area contributed by atoms with Gasteiger partial charge < -0.3 is 9.32 Å². The standard InChI is InChI=1S/C21H29N3O5S/c1-2-16-8-4-7-13-23(16)20(25)15-24-18-10-9-17(14-19(18)29-21(24)26)30(27,28)22-11-5-3-6-12-22/h9-10,14,16H,2-8,11-13,15H2,1H3/t16-/m1/s1. The number of hydrogen-bond donors (Lipinski definition) is 0. The van der Waals surface area contributed by atoms with Gasteiger partial charge in [0.05, 0.1) is 10.4 Å². The molecule has 1 atom stereocenters. The number of aromatic nitrogens is 1. The zero-order chi connectivity index (χ0) is 21.3. The Bertz CT molecular complexity index is 1080. The van der Waals surface area contributed by atoms with Crippen molar-refractivity contribution in [3.05, 3.63) is 28.7 Å². The Morgan fingerprint density at radius 1 is 1.10 bits per heavy atom. The quantitative estimate of drug-likeness (QED) is 0.720. The molecule has 1 aromatic heterocycles. The van der Waals surface area contributed by atoms with Crippen LogP contribution < -0.4 is 5.76 Å². The van der Waals surface area contributed by atoms with E-state index in [-0.39, 0.29) is 29.0 Å². The molecule has 9 heteroatoms. The molecule has 4 rings (SSSR count). The summed E-state index contributed by atoms with van der Waals surface area (Å²) in [5.74, 6) is -0.743. The molecule has 8 nitrogen and oxygen atoms in total. The first-order valence-corrected chi connectivity index (χ1v) is 12.3. The topological polar surface area (TPSA) is 92.8 Å². The third kappa shape index (κ3) is 3.92. The van der Waals surface area contributed by atoms with Gasteiger partial charge >= 0.3 is 5.76 Å². The van der Waals surface area contributed by atoms with Crippen molar-refractivity contribution in [1.82, 2.24) is 13.8 Å². The predicted octanol–water partition coefficient (Wildman–Crippen LogP) is 2.56. The highest BCUT2D eigenvalue weighted by Crippen LogP contribution is 2.25. The monoisotopic (exact) mass is 435 g/mol. The van der Waals surface area contributed by atoms with Crippen LogP contribution in [0.2, 0.25) is 0 Å². The zero-order valence-corrected chi connectivity index (χ0v) is 18.2. The molecular formula is C21H29N3O5S. The first-order chi connectivity index (χ1) is 14.4. The summed E-state index contributed by atoms with van der Waals surface area (Å²) in [6.07, 6.45) is 6.71. The van der Waals surface area contributed by atoms with Crippen molar-refractivity contribution in [3.8, 4) is 0 Å². The van der Waals surface area contributed by atoms with Crippen LogP contribution in [-0.2, 0) is 21.4 Å². The Hall–Kier alpha value is -2.13. The van der Waals surface area contributed by atoms with Crippen molar-refractivity contribution < 1.29 is 17.6 Å². The van der Waals surface area contributed by atoms with Crippen LogP contribution in [0.4, 0.5) is 0 Å². The molecule has 2 aliphatic rings.